The molecule has 1 saturated heterocycles. The second kappa shape index (κ2) is 11.4. The van der Waals surface area contributed by atoms with Crippen molar-refractivity contribution in [3.05, 3.63) is 53.2 Å². The van der Waals surface area contributed by atoms with Crippen molar-refractivity contribution in [3.63, 3.8) is 0 Å². The van der Waals surface area contributed by atoms with E-state index in [2.05, 4.69) is 81.8 Å². The minimum absolute atomic E-state index is 0. The quantitative estimate of drug-likeness (QED) is 0.356. The van der Waals surface area contributed by atoms with Gasteiger partial charge in [0.05, 0.1) is 0 Å². The van der Waals surface area contributed by atoms with Gasteiger partial charge in [0, 0.05) is 58.2 Å². The van der Waals surface area contributed by atoms with Gasteiger partial charge in [0.25, 0.3) is 0 Å². The number of aliphatic imine (C=N–C) groups is 1. The van der Waals surface area contributed by atoms with E-state index in [9.17, 15) is 0 Å². The fourth-order valence-corrected chi connectivity index (χ4v) is 3.68. The number of pyridine rings is 1. The number of hydrogen-bond acceptors (Lipinski definition) is 4. The number of guanidine groups is 1. The molecule has 0 saturated carbocycles. The average molecular weight is 522 g/mol. The van der Waals surface area contributed by atoms with Crippen LogP contribution in [0.2, 0.25) is 0 Å². The van der Waals surface area contributed by atoms with E-state index in [0.29, 0.717) is 6.04 Å². The van der Waals surface area contributed by atoms with Gasteiger partial charge in [-0.05, 0) is 62.1 Å². The topological polar surface area (TPSA) is 55.8 Å². The summed E-state index contributed by atoms with van der Waals surface area (Å²) in [4.78, 5) is 13.6. The van der Waals surface area contributed by atoms with Gasteiger partial charge in [-0.25, -0.2) is 4.98 Å². The van der Waals surface area contributed by atoms with E-state index in [1.165, 1.54) is 16.8 Å². The molecule has 0 bridgehead atoms. The Morgan fingerprint density at radius 3 is 2.50 bits per heavy atom. The van der Waals surface area contributed by atoms with Crippen LogP contribution in [0, 0.1) is 13.8 Å². The molecule has 2 heterocycles. The van der Waals surface area contributed by atoms with Crippen molar-refractivity contribution in [1.82, 2.24) is 15.6 Å². The molecule has 0 atom stereocenters. The molecule has 1 aromatic carbocycles. The van der Waals surface area contributed by atoms with Crippen molar-refractivity contribution in [3.8, 4) is 0 Å². The second-order valence-corrected chi connectivity index (χ2v) is 7.97. The summed E-state index contributed by atoms with van der Waals surface area (Å²) in [7, 11) is 5.97. The summed E-state index contributed by atoms with van der Waals surface area (Å²) in [5.41, 5.74) is 4.88. The Bertz CT molecular complexity index is 843. The minimum Gasteiger partial charge on any atom is -0.378 e. The van der Waals surface area contributed by atoms with Crippen molar-refractivity contribution in [2.45, 2.75) is 39.3 Å². The Labute approximate surface area is 198 Å². The molecule has 7 heteroatoms. The zero-order valence-electron chi connectivity index (χ0n) is 18.8. The Hall–Kier alpha value is -2.03. The van der Waals surface area contributed by atoms with Gasteiger partial charge in [0.15, 0.2) is 5.96 Å². The Morgan fingerprint density at radius 1 is 1.17 bits per heavy atom. The van der Waals surface area contributed by atoms with Crippen molar-refractivity contribution in [2.75, 3.05) is 44.0 Å². The summed E-state index contributed by atoms with van der Waals surface area (Å²) >= 11 is 0. The van der Waals surface area contributed by atoms with Crippen molar-refractivity contribution >= 4 is 41.4 Å². The summed E-state index contributed by atoms with van der Waals surface area (Å²) in [5.74, 6) is 1.95. The number of aryl methyl sites for hydroxylation is 2. The van der Waals surface area contributed by atoms with Gasteiger partial charge in [-0.3, -0.25) is 4.99 Å². The monoisotopic (exact) mass is 522 g/mol. The second-order valence-electron chi connectivity index (χ2n) is 7.97. The zero-order chi connectivity index (χ0) is 20.8. The first-order valence-electron chi connectivity index (χ1n) is 10.4. The van der Waals surface area contributed by atoms with Crippen LogP contribution in [0.5, 0.6) is 0 Å². The van der Waals surface area contributed by atoms with E-state index >= 15 is 0 Å². The average Bonchev–Trinajstić information content (AvgIpc) is 2.72. The third-order valence-corrected chi connectivity index (χ3v) is 5.55. The lowest BCUT2D eigenvalue weighted by atomic mass is 10.1. The highest BCUT2D eigenvalue weighted by Gasteiger charge is 2.21. The number of rotatable bonds is 5. The molecule has 1 aliphatic rings. The van der Waals surface area contributed by atoms with Crippen LogP contribution in [-0.2, 0) is 6.54 Å². The first kappa shape index (κ1) is 24.2. The highest BCUT2D eigenvalue weighted by atomic mass is 127. The number of benzene rings is 1. The summed E-state index contributed by atoms with van der Waals surface area (Å²) in [5, 5.41) is 7.06. The SMILES string of the molecule is CN=C(NCc1ccc(N(C)C)cc1C)NC1CCN(c2cccc(C)n2)CC1.I. The van der Waals surface area contributed by atoms with Gasteiger partial charge in [0.2, 0.25) is 0 Å². The van der Waals surface area contributed by atoms with E-state index in [1.54, 1.807) is 0 Å². The van der Waals surface area contributed by atoms with Crippen molar-refractivity contribution in [1.29, 1.82) is 0 Å². The van der Waals surface area contributed by atoms with Gasteiger partial charge < -0.3 is 20.4 Å². The van der Waals surface area contributed by atoms with Crippen molar-refractivity contribution in [2.24, 2.45) is 4.99 Å². The molecule has 0 unspecified atom stereocenters. The Morgan fingerprint density at radius 2 is 1.90 bits per heavy atom. The Balaban J connectivity index is 0.00000320. The molecule has 164 valence electrons. The molecule has 0 amide bonds. The van der Waals surface area contributed by atoms with Crippen LogP contribution in [0.1, 0.15) is 29.7 Å². The molecule has 1 fully saturated rings. The van der Waals surface area contributed by atoms with E-state index in [1.807, 2.05) is 20.0 Å². The minimum atomic E-state index is 0. The highest BCUT2D eigenvalue weighted by Crippen LogP contribution is 2.19. The van der Waals surface area contributed by atoms with Gasteiger partial charge in [-0.1, -0.05) is 12.1 Å². The molecule has 1 aromatic heterocycles. The summed E-state index contributed by atoms with van der Waals surface area (Å²) in [6.45, 7) is 7.00. The molecule has 1 aliphatic heterocycles. The largest absolute Gasteiger partial charge is 0.378 e. The van der Waals surface area contributed by atoms with Crippen LogP contribution < -0.4 is 20.4 Å². The molecule has 2 aromatic rings. The van der Waals surface area contributed by atoms with Gasteiger partial charge in [-0.2, -0.15) is 0 Å². The van der Waals surface area contributed by atoms with Crippen LogP contribution >= 0.6 is 24.0 Å². The standard InChI is InChI=1S/C23H34N6.HI/c1-17-15-21(28(4)5)10-9-19(17)16-25-23(24-3)27-20-11-13-29(14-12-20)22-8-6-7-18(2)26-22;/h6-10,15,20H,11-14,16H2,1-5H3,(H2,24,25,27);1H. The smallest absolute Gasteiger partial charge is 0.191 e. The van der Waals surface area contributed by atoms with E-state index < -0.39 is 0 Å². The fraction of sp³-hybridized carbons (Fsp3) is 0.478. The van der Waals surface area contributed by atoms with E-state index in [4.69, 9.17) is 0 Å². The molecule has 0 aliphatic carbocycles. The van der Waals surface area contributed by atoms with Gasteiger partial charge in [-0.15, -0.1) is 24.0 Å². The van der Waals surface area contributed by atoms with E-state index in [0.717, 1.165) is 49.9 Å². The van der Waals surface area contributed by atoms with Crippen molar-refractivity contribution < 1.29 is 0 Å². The molecule has 30 heavy (non-hydrogen) atoms. The number of halogens is 1. The van der Waals surface area contributed by atoms with Gasteiger partial charge in [0.1, 0.15) is 5.82 Å². The number of piperidine rings is 1. The number of nitrogens with zero attached hydrogens (tertiary/aromatic N) is 4. The molecule has 2 N–H and O–H groups in total. The molecule has 3 rings (SSSR count). The highest BCUT2D eigenvalue weighted by molar-refractivity contribution is 14.0. The summed E-state index contributed by atoms with van der Waals surface area (Å²) in [6.07, 6.45) is 2.15. The molecular weight excluding hydrogens is 487 g/mol. The number of hydrogen-bond donors (Lipinski definition) is 2. The summed E-state index contributed by atoms with van der Waals surface area (Å²) in [6, 6.07) is 13.2. The predicted octanol–water partition coefficient (Wildman–Crippen LogP) is 3.72. The number of nitrogens with one attached hydrogen (secondary N) is 2. The lowest BCUT2D eigenvalue weighted by Crippen LogP contribution is -2.48. The molecule has 6 nitrogen and oxygen atoms in total. The first-order valence-corrected chi connectivity index (χ1v) is 10.4. The third kappa shape index (κ3) is 6.48. The van der Waals surface area contributed by atoms with Crippen LogP contribution in [0.15, 0.2) is 41.4 Å². The maximum atomic E-state index is 4.65. The third-order valence-electron chi connectivity index (χ3n) is 5.55. The fourth-order valence-electron chi connectivity index (χ4n) is 3.68. The van der Waals surface area contributed by atoms with Crippen LogP contribution in [0.4, 0.5) is 11.5 Å². The number of aromatic nitrogens is 1. The molecule has 0 spiro atoms. The van der Waals surface area contributed by atoms with E-state index in [-0.39, 0.29) is 24.0 Å². The van der Waals surface area contributed by atoms with Gasteiger partial charge >= 0.3 is 0 Å². The van der Waals surface area contributed by atoms with Crippen LogP contribution in [0.25, 0.3) is 0 Å². The van der Waals surface area contributed by atoms with Crippen LogP contribution in [0.3, 0.4) is 0 Å². The van der Waals surface area contributed by atoms with Crippen LogP contribution in [-0.4, -0.2) is 51.2 Å². The molecule has 0 radical (unpaired) electrons. The first-order chi connectivity index (χ1) is 14.0. The maximum Gasteiger partial charge on any atom is 0.191 e. The molecular formula is C23H35IN6. The normalized spacial score (nSPS) is 14.8. The summed E-state index contributed by atoms with van der Waals surface area (Å²) < 4.78 is 0. The Kier molecular flexibility index (Phi) is 9.20. The lowest BCUT2D eigenvalue weighted by Gasteiger charge is -2.34. The number of anilines is 2. The predicted molar refractivity (Wildman–Crippen MR) is 138 cm³/mol. The maximum absolute atomic E-state index is 4.65. The lowest BCUT2D eigenvalue weighted by molar-refractivity contribution is 0.459. The zero-order valence-corrected chi connectivity index (χ0v) is 21.1.